The molecule has 134 valence electrons. The molecule has 0 aliphatic carbocycles. The number of carbonyl (C=O) groups is 2. The molecule has 0 spiro atoms. The molecule has 0 unspecified atom stereocenters. The Kier molecular flexibility index (Phi) is 5.21. The van der Waals surface area contributed by atoms with Gasteiger partial charge < -0.3 is 14.6 Å². The molecule has 2 aromatic heterocycles. The van der Waals surface area contributed by atoms with Crippen molar-refractivity contribution in [3.8, 4) is 0 Å². The highest BCUT2D eigenvalue weighted by molar-refractivity contribution is 5.90. The molecule has 1 fully saturated rings. The summed E-state index contributed by atoms with van der Waals surface area (Å²) in [4.78, 5) is 26.1. The van der Waals surface area contributed by atoms with E-state index in [0.717, 1.165) is 24.4 Å². The molecule has 2 aromatic rings. The van der Waals surface area contributed by atoms with Crippen molar-refractivity contribution in [1.29, 1.82) is 0 Å². The topological polar surface area (TPSA) is 80.4 Å². The first-order valence-electron chi connectivity index (χ1n) is 8.65. The van der Waals surface area contributed by atoms with Gasteiger partial charge >= 0.3 is 0 Å². The Morgan fingerprint density at radius 3 is 2.96 bits per heavy atom. The Balaban J connectivity index is 1.48. The van der Waals surface area contributed by atoms with Crippen molar-refractivity contribution in [2.45, 2.75) is 52.2 Å². The van der Waals surface area contributed by atoms with Gasteiger partial charge in [0.2, 0.25) is 11.8 Å². The summed E-state index contributed by atoms with van der Waals surface area (Å²) in [5, 5.41) is 7.36. The molecule has 25 heavy (non-hydrogen) atoms. The molecule has 1 aliphatic heterocycles. The van der Waals surface area contributed by atoms with Gasteiger partial charge in [-0.2, -0.15) is 5.10 Å². The van der Waals surface area contributed by atoms with Crippen LogP contribution in [0, 0.1) is 13.8 Å². The van der Waals surface area contributed by atoms with E-state index in [-0.39, 0.29) is 11.8 Å². The third-order valence-corrected chi connectivity index (χ3v) is 4.49. The first-order chi connectivity index (χ1) is 12.0. The fraction of sp³-hybridized carbons (Fsp3) is 0.500. The summed E-state index contributed by atoms with van der Waals surface area (Å²) in [5.74, 6) is 0.600. The summed E-state index contributed by atoms with van der Waals surface area (Å²) in [7, 11) is 0. The van der Waals surface area contributed by atoms with Crippen molar-refractivity contribution in [2.24, 2.45) is 0 Å². The third-order valence-electron chi connectivity index (χ3n) is 4.49. The molecule has 0 bridgehead atoms. The average molecular weight is 344 g/mol. The number of aryl methyl sites for hydroxylation is 3. The molecule has 3 rings (SSSR count). The fourth-order valence-corrected chi connectivity index (χ4v) is 3.23. The Hall–Kier alpha value is -2.57. The molecule has 0 saturated carbocycles. The minimum absolute atomic E-state index is 0.000749. The van der Waals surface area contributed by atoms with Crippen LogP contribution in [0.25, 0.3) is 0 Å². The Bertz CT molecular complexity index is 736. The molecular weight excluding hydrogens is 320 g/mol. The van der Waals surface area contributed by atoms with Gasteiger partial charge in [-0.3, -0.25) is 14.3 Å². The van der Waals surface area contributed by atoms with E-state index in [1.54, 1.807) is 17.2 Å². The van der Waals surface area contributed by atoms with Gasteiger partial charge in [-0.05, 0) is 44.9 Å². The van der Waals surface area contributed by atoms with E-state index in [4.69, 9.17) is 4.42 Å². The van der Waals surface area contributed by atoms with Crippen LogP contribution < -0.4 is 5.32 Å². The lowest BCUT2D eigenvalue weighted by molar-refractivity contribution is -0.136. The van der Waals surface area contributed by atoms with Crippen LogP contribution >= 0.6 is 0 Å². The number of nitrogens with one attached hydrogen (secondary N) is 1. The summed E-state index contributed by atoms with van der Waals surface area (Å²) in [5.41, 5.74) is 2.12. The molecule has 2 amide bonds. The number of furan rings is 1. The van der Waals surface area contributed by atoms with Crippen molar-refractivity contribution in [2.75, 3.05) is 6.54 Å². The predicted octanol–water partition coefficient (Wildman–Crippen LogP) is 1.79. The van der Waals surface area contributed by atoms with Gasteiger partial charge in [0.25, 0.3) is 0 Å². The number of hydrogen-bond donors (Lipinski definition) is 1. The molecule has 1 aliphatic rings. The van der Waals surface area contributed by atoms with E-state index >= 15 is 0 Å². The van der Waals surface area contributed by atoms with Crippen LogP contribution in [0.2, 0.25) is 0 Å². The van der Waals surface area contributed by atoms with E-state index in [1.807, 2.05) is 30.7 Å². The first-order valence-corrected chi connectivity index (χ1v) is 8.65. The van der Waals surface area contributed by atoms with Crippen molar-refractivity contribution in [3.05, 3.63) is 41.6 Å². The van der Waals surface area contributed by atoms with Crippen molar-refractivity contribution in [1.82, 2.24) is 20.0 Å². The third kappa shape index (κ3) is 4.10. The van der Waals surface area contributed by atoms with Gasteiger partial charge in [0.15, 0.2) is 0 Å². The highest BCUT2D eigenvalue weighted by atomic mass is 16.3. The minimum Gasteiger partial charge on any atom is -0.467 e. The molecule has 1 N–H and O–H groups in total. The maximum atomic E-state index is 12.5. The zero-order valence-corrected chi connectivity index (χ0v) is 14.7. The second-order valence-corrected chi connectivity index (χ2v) is 6.45. The maximum Gasteiger partial charge on any atom is 0.242 e. The number of aromatic nitrogens is 2. The van der Waals surface area contributed by atoms with Crippen LogP contribution in [0.1, 0.15) is 36.4 Å². The lowest BCUT2D eigenvalue weighted by Gasteiger charge is -2.23. The first kappa shape index (κ1) is 17.3. The summed E-state index contributed by atoms with van der Waals surface area (Å²) in [6.07, 6.45) is 3.34. The second kappa shape index (κ2) is 7.55. The summed E-state index contributed by atoms with van der Waals surface area (Å²) < 4.78 is 7.25. The Morgan fingerprint density at radius 2 is 2.28 bits per heavy atom. The lowest BCUT2D eigenvalue weighted by Crippen LogP contribution is -2.44. The van der Waals surface area contributed by atoms with Crippen molar-refractivity contribution < 1.29 is 14.0 Å². The van der Waals surface area contributed by atoms with Crippen LogP contribution in [0.4, 0.5) is 0 Å². The molecule has 1 saturated heterocycles. The molecule has 1 atom stereocenters. The number of carbonyl (C=O) groups excluding carboxylic acids is 2. The van der Waals surface area contributed by atoms with Crippen LogP contribution in [-0.4, -0.2) is 39.1 Å². The van der Waals surface area contributed by atoms with Crippen molar-refractivity contribution >= 4 is 11.8 Å². The normalized spacial score (nSPS) is 17.3. The number of nitrogens with zero attached hydrogens (tertiary/aromatic N) is 3. The van der Waals surface area contributed by atoms with Crippen molar-refractivity contribution in [3.63, 3.8) is 0 Å². The van der Waals surface area contributed by atoms with Crippen LogP contribution in [0.3, 0.4) is 0 Å². The molecule has 7 heteroatoms. The largest absolute Gasteiger partial charge is 0.467 e. The highest BCUT2D eigenvalue weighted by Gasteiger charge is 2.36. The molecule has 0 radical (unpaired) electrons. The quantitative estimate of drug-likeness (QED) is 0.777. The van der Waals surface area contributed by atoms with Gasteiger partial charge in [-0.15, -0.1) is 0 Å². The standard InChI is InChI=1S/C18H24N4O3/c1-13-11-14(2)22(20-13)9-4-8-19-18(24)16-6-7-17(23)21(16)12-15-5-3-10-25-15/h3,5,10-11,16H,4,6-9,12H2,1-2H3,(H,19,24)/t16-/m1/s1. The lowest BCUT2D eigenvalue weighted by atomic mass is 10.2. The minimum atomic E-state index is -0.411. The van der Waals surface area contributed by atoms with Gasteiger partial charge in [0, 0.05) is 25.2 Å². The summed E-state index contributed by atoms with van der Waals surface area (Å²) in [6, 6.07) is 5.22. The highest BCUT2D eigenvalue weighted by Crippen LogP contribution is 2.21. The Morgan fingerprint density at radius 1 is 1.44 bits per heavy atom. The van der Waals surface area contributed by atoms with E-state index in [2.05, 4.69) is 10.4 Å². The van der Waals surface area contributed by atoms with E-state index in [1.165, 1.54) is 0 Å². The number of likely N-dealkylation sites (tertiary alicyclic amines) is 1. The SMILES string of the molecule is Cc1cc(C)n(CCCNC(=O)[C@H]2CCC(=O)N2Cc2ccco2)n1. The zero-order valence-electron chi connectivity index (χ0n) is 14.7. The van der Waals surface area contributed by atoms with E-state index in [0.29, 0.717) is 31.7 Å². The maximum absolute atomic E-state index is 12.5. The average Bonchev–Trinajstić information content (AvgIpc) is 3.27. The summed E-state index contributed by atoms with van der Waals surface area (Å²) in [6.45, 7) is 5.66. The van der Waals surface area contributed by atoms with Gasteiger partial charge in [-0.25, -0.2) is 0 Å². The molecule has 0 aromatic carbocycles. The number of rotatable bonds is 7. The smallest absolute Gasteiger partial charge is 0.242 e. The van der Waals surface area contributed by atoms with Gasteiger partial charge in [0.1, 0.15) is 11.8 Å². The zero-order chi connectivity index (χ0) is 17.8. The number of hydrogen-bond acceptors (Lipinski definition) is 4. The summed E-state index contributed by atoms with van der Waals surface area (Å²) >= 11 is 0. The number of amides is 2. The second-order valence-electron chi connectivity index (χ2n) is 6.45. The Labute approximate surface area is 147 Å². The van der Waals surface area contributed by atoms with Gasteiger partial charge in [-0.1, -0.05) is 0 Å². The van der Waals surface area contributed by atoms with Crippen LogP contribution in [-0.2, 0) is 22.7 Å². The molecule has 3 heterocycles. The van der Waals surface area contributed by atoms with E-state index in [9.17, 15) is 9.59 Å². The predicted molar refractivity (Wildman–Crippen MR) is 91.6 cm³/mol. The molecule has 7 nitrogen and oxygen atoms in total. The van der Waals surface area contributed by atoms with Crippen LogP contribution in [0.15, 0.2) is 28.9 Å². The van der Waals surface area contributed by atoms with E-state index < -0.39 is 6.04 Å². The van der Waals surface area contributed by atoms with Crippen LogP contribution in [0.5, 0.6) is 0 Å². The fourth-order valence-electron chi connectivity index (χ4n) is 3.23. The molecular formula is C18H24N4O3. The monoisotopic (exact) mass is 344 g/mol. The van der Waals surface area contributed by atoms with Gasteiger partial charge in [0.05, 0.1) is 18.5 Å².